The van der Waals surface area contributed by atoms with E-state index >= 15 is 0 Å². The summed E-state index contributed by atoms with van der Waals surface area (Å²) < 4.78 is 27.7. The summed E-state index contributed by atoms with van der Waals surface area (Å²) in [6.07, 6.45) is 2.75. The van der Waals surface area contributed by atoms with Gasteiger partial charge in [0.15, 0.2) is 0 Å². The minimum absolute atomic E-state index is 0.0300. The van der Waals surface area contributed by atoms with Crippen LogP contribution in [0.15, 0.2) is 29.2 Å². The fourth-order valence-electron chi connectivity index (χ4n) is 3.68. The van der Waals surface area contributed by atoms with Gasteiger partial charge in [0.2, 0.25) is 21.8 Å². The van der Waals surface area contributed by atoms with Crippen LogP contribution in [-0.4, -0.2) is 42.7 Å². The fraction of sp³-hybridized carbons (Fsp3) is 0.600. The zero-order valence-electron chi connectivity index (χ0n) is 17.2. The Balaban J connectivity index is 2.16. The summed E-state index contributed by atoms with van der Waals surface area (Å²) in [4.78, 5) is 24.0. The van der Waals surface area contributed by atoms with E-state index in [9.17, 15) is 18.0 Å². The Hall–Kier alpha value is -1.93. The molecule has 0 spiro atoms. The van der Waals surface area contributed by atoms with E-state index in [2.05, 4.69) is 10.6 Å². The molecule has 2 N–H and O–H groups in total. The Labute approximate surface area is 167 Å². The number of piperidine rings is 1. The molecule has 2 amide bonds. The van der Waals surface area contributed by atoms with Gasteiger partial charge in [-0.25, -0.2) is 8.42 Å². The number of rotatable bonds is 6. The number of anilines is 1. The number of carbonyl (C=O) groups excluding carboxylic acids is 2. The predicted octanol–water partition coefficient (Wildman–Crippen LogP) is 2.74. The summed E-state index contributed by atoms with van der Waals surface area (Å²) in [6, 6.07) is 5.47. The van der Waals surface area contributed by atoms with Crippen LogP contribution in [0.25, 0.3) is 0 Å². The van der Waals surface area contributed by atoms with Gasteiger partial charge in [0, 0.05) is 24.7 Å². The molecule has 1 aromatic carbocycles. The van der Waals surface area contributed by atoms with E-state index in [4.69, 9.17) is 0 Å². The first-order valence-electron chi connectivity index (χ1n) is 9.75. The van der Waals surface area contributed by atoms with Gasteiger partial charge < -0.3 is 10.6 Å². The molecule has 1 aliphatic heterocycles. The Kier molecular flexibility index (Phi) is 7.22. The van der Waals surface area contributed by atoms with Crippen LogP contribution in [0.5, 0.6) is 0 Å². The highest BCUT2D eigenvalue weighted by Gasteiger charge is 2.35. The molecule has 1 aromatic rings. The molecule has 0 unspecified atom stereocenters. The lowest BCUT2D eigenvalue weighted by Gasteiger charge is -2.37. The van der Waals surface area contributed by atoms with E-state index in [1.165, 1.54) is 19.1 Å². The summed E-state index contributed by atoms with van der Waals surface area (Å²) in [5.74, 6) is -0.690. The largest absolute Gasteiger partial charge is 0.344 e. The van der Waals surface area contributed by atoms with E-state index in [1.54, 1.807) is 16.4 Å². The van der Waals surface area contributed by atoms with E-state index in [0.29, 0.717) is 5.69 Å². The van der Waals surface area contributed by atoms with Crippen LogP contribution < -0.4 is 10.6 Å². The van der Waals surface area contributed by atoms with Gasteiger partial charge in [-0.05, 0) is 56.9 Å². The highest BCUT2D eigenvalue weighted by atomic mass is 32.2. The number of hydrogen-bond acceptors (Lipinski definition) is 4. The van der Waals surface area contributed by atoms with Crippen LogP contribution in [0.1, 0.15) is 53.9 Å². The van der Waals surface area contributed by atoms with Crippen LogP contribution in [0.4, 0.5) is 5.69 Å². The molecule has 28 heavy (non-hydrogen) atoms. The third-order valence-electron chi connectivity index (χ3n) is 5.12. The van der Waals surface area contributed by atoms with E-state index in [0.717, 1.165) is 19.3 Å². The molecule has 1 aliphatic rings. The molecule has 0 aliphatic carbocycles. The molecule has 7 nitrogen and oxygen atoms in total. The van der Waals surface area contributed by atoms with Gasteiger partial charge in [-0.2, -0.15) is 4.31 Å². The van der Waals surface area contributed by atoms with Crippen LogP contribution >= 0.6 is 0 Å². The third-order valence-corrected chi connectivity index (χ3v) is 7.26. The average Bonchev–Trinajstić information content (AvgIpc) is 2.59. The quantitative estimate of drug-likeness (QED) is 0.755. The molecule has 0 bridgehead atoms. The second-order valence-electron chi connectivity index (χ2n) is 7.90. The molecule has 2 rings (SSSR count). The first kappa shape index (κ1) is 22.4. The molecule has 0 aromatic heterocycles. The van der Waals surface area contributed by atoms with Gasteiger partial charge >= 0.3 is 0 Å². The number of benzene rings is 1. The summed E-state index contributed by atoms with van der Waals surface area (Å²) in [5, 5.41) is 5.38. The maximum atomic E-state index is 13.1. The molecule has 0 saturated carbocycles. The minimum atomic E-state index is -3.59. The first-order chi connectivity index (χ1) is 13.0. The lowest BCUT2D eigenvalue weighted by atomic mass is 10.0. The average molecular weight is 410 g/mol. The molecular weight excluding hydrogens is 378 g/mol. The van der Waals surface area contributed by atoms with Crippen molar-refractivity contribution in [3.8, 4) is 0 Å². The van der Waals surface area contributed by atoms with Gasteiger partial charge in [-0.3, -0.25) is 9.59 Å². The van der Waals surface area contributed by atoms with Gasteiger partial charge in [0.05, 0.1) is 4.90 Å². The van der Waals surface area contributed by atoms with Crippen molar-refractivity contribution in [2.24, 2.45) is 5.92 Å². The normalized spacial score (nSPS) is 21.9. The van der Waals surface area contributed by atoms with Gasteiger partial charge in [-0.1, -0.05) is 20.3 Å². The van der Waals surface area contributed by atoms with Crippen molar-refractivity contribution in [3.63, 3.8) is 0 Å². The van der Waals surface area contributed by atoms with Gasteiger partial charge in [0.25, 0.3) is 0 Å². The van der Waals surface area contributed by atoms with Crippen LogP contribution in [0, 0.1) is 5.92 Å². The standard InChI is InChI=1S/C20H31N3O4S/c1-13(2)19(21-16(5)24)20(25)22-17-9-11-18(12-10-17)28(26,27)23-14(3)7-6-8-15(23)4/h9-15,19H,6-8H2,1-5H3,(H,21,24)(H,22,25)/t14-,15-,19+/m1/s1. The van der Waals surface area contributed by atoms with Crippen molar-refractivity contribution < 1.29 is 18.0 Å². The first-order valence-corrected chi connectivity index (χ1v) is 11.2. The number of carbonyl (C=O) groups is 2. The summed E-state index contributed by atoms with van der Waals surface area (Å²) >= 11 is 0. The zero-order chi connectivity index (χ0) is 21.1. The van der Waals surface area contributed by atoms with Crippen LogP contribution in [0.2, 0.25) is 0 Å². The molecular formula is C20H31N3O4S. The predicted molar refractivity (Wildman–Crippen MR) is 109 cm³/mol. The summed E-state index contributed by atoms with van der Waals surface area (Å²) in [5.41, 5.74) is 0.486. The minimum Gasteiger partial charge on any atom is -0.344 e. The Morgan fingerprint density at radius 3 is 2.07 bits per heavy atom. The van der Waals surface area contributed by atoms with Gasteiger partial charge in [-0.15, -0.1) is 0 Å². The van der Waals surface area contributed by atoms with Crippen LogP contribution in [-0.2, 0) is 19.6 Å². The Morgan fingerprint density at radius 1 is 1.07 bits per heavy atom. The third kappa shape index (κ3) is 5.11. The highest BCUT2D eigenvalue weighted by Crippen LogP contribution is 2.30. The molecule has 3 atom stereocenters. The Morgan fingerprint density at radius 2 is 1.61 bits per heavy atom. The van der Waals surface area contributed by atoms with Crippen molar-refractivity contribution >= 4 is 27.5 Å². The number of nitrogens with one attached hydrogen (secondary N) is 2. The van der Waals surface area contributed by atoms with Crippen molar-refractivity contribution in [1.82, 2.24) is 9.62 Å². The smallest absolute Gasteiger partial charge is 0.247 e. The fourth-order valence-corrected chi connectivity index (χ4v) is 5.56. The number of hydrogen-bond donors (Lipinski definition) is 2. The lowest BCUT2D eigenvalue weighted by molar-refractivity contribution is -0.126. The molecule has 1 saturated heterocycles. The topological polar surface area (TPSA) is 95.6 Å². The monoisotopic (exact) mass is 409 g/mol. The highest BCUT2D eigenvalue weighted by molar-refractivity contribution is 7.89. The molecule has 8 heteroatoms. The van der Waals surface area contributed by atoms with Crippen molar-refractivity contribution in [2.45, 2.75) is 76.9 Å². The SMILES string of the molecule is CC(=O)N[C@H](C(=O)Nc1ccc(S(=O)(=O)N2[C@H](C)CCC[C@H]2C)cc1)C(C)C. The van der Waals surface area contributed by atoms with Crippen molar-refractivity contribution in [2.75, 3.05) is 5.32 Å². The molecule has 156 valence electrons. The lowest BCUT2D eigenvalue weighted by Crippen LogP contribution is -2.47. The summed E-state index contributed by atoms with van der Waals surface area (Å²) in [7, 11) is -3.59. The van der Waals surface area contributed by atoms with Crippen molar-refractivity contribution in [3.05, 3.63) is 24.3 Å². The Bertz CT molecular complexity index is 795. The number of sulfonamides is 1. The second-order valence-corrected chi connectivity index (χ2v) is 9.74. The zero-order valence-corrected chi connectivity index (χ0v) is 18.0. The van der Waals surface area contributed by atoms with Gasteiger partial charge in [0.1, 0.15) is 6.04 Å². The van der Waals surface area contributed by atoms with E-state index < -0.39 is 16.1 Å². The number of amides is 2. The van der Waals surface area contributed by atoms with E-state index in [1.807, 2.05) is 27.7 Å². The second kappa shape index (κ2) is 9.05. The van der Waals surface area contributed by atoms with E-state index in [-0.39, 0.29) is 34.7 Å². The molecule has 1 heterocycles. The van der Waals surface area contributed by atoms with Crippen molar-refractivity contribution in [1.29, 1.82) is 0 Å². The molecule has 0 radical (unpaired) electrons. The number of nitrogens with zero attached hydrogens (tertiary/aromatic N) is 1. The molecule has 1 fully saturated rings. The summed E-state index contributed by atoms with van der Waals surface area (Å²) in [6.45, 7) is 8.93. The maximum Gasteiger partial charge on any atom is 0.247 e. The maximum absolute atomic E-state index is 13.1. The van der Waals surface area contributed by atoms with Crippen LogP contribution in [0.3, 0.4) is 0 Å².